The number of halogens is 2. The third kappa shape index (κ3) is 7.75. The van der Waals surface area contributed by atoms with Crippen LogP contribution in [0.4, 0.5) is 10.1 Å². The number of carbonyl (C=O) groups is 2. The first-order chi connectivity index (χ1) is 21.0. The van der Waals surface area contributed by atoms with Crippen LogP contribution in [0.15, 0.2) is 102 Å². The fraction of sp³-hybridized carbons (Fsp3) is 0.212. The molecule has 4 aromatic rings. The Kier molecular flexibility index (Phi) is 10.6. The zero-order valence-corrected chi connectivity index (χ0v) is 26.1. The molecule has 44 heavy (non-hydrogen) atoms. The monoisotopic (exact) mass is 637 g/mol. The minimum atomic E-state index is -4.34. The molecule has 0 spiro atoms. The van der Waals surface area contributed by atoms with E-state index in [0.29, 0.717) is 5.56 Å². The van der Waals surface area contributed by atoms with E-state index in [4.69, 9.17) is 16.3 Å². The van der Waals surface area contributed by atoms with Crippen LogP contribution in [0.25, 0.3) is 0 Å². The molecule has 230 valence electrons. The number of hydrogen-bond donors (Lipinski definition) is 1. The number of amides is 2. The van der Waals surface area contributed by atoms with Crippen molar-refractivity contribution < 1.29 is 27.1 Å². The summed E-state index contributed by atoms with van der Waals surface area (Å²) in [6.07, 6.45) is 0.151. The molecule has 0 saturated carbocycles. The highest BCUT2D eigenvalue weighted by molar-refractivity contribution is 7.92. The van der Waals surface area contributed by atoms with Crippen molar-refractivity contribution in [2.75, 3.05) is 25.0 Å². The van der Waals surface area contributed by atoms with Crippen molar-refractivity contribution in [2.45, 2.75) is 30.8 Å². The van der Waals surface area contributed by atoms with Gasteiger partial charge in [-0.15, -0.1) is 0 Å². The van der Waals surface area contributed by atoms with Crippen molar-refractivity contribution in [3.63, 3.8) is 0 Å². The van der Waals surface area contributed by atoms with Crippen LogP contribution in [0, 0.1) is 12.7 Å². The van der Waals surface area contributed by atoms with Gasteiger partial charge in [-0.25, -0.2) is 12.8 Å². The standard InChI is InChI=1S/C33H33ClFN3O5S/c1-23-9-16-28(17-10-23)44(41,42)38(29-20-26(34)13-18-31(29)43-3)22-32(39)37(21-25-11-14-27(35)15-12-25)30(33(40)36-2)19-24-7-5-4-6-8-24/h4-18,20,30H,19,21-22H2,1-3H3,(H,36,40). The van der Waals surface area contributed by atoms with Gasteiger partial charge in [-0.1, -0.05) is 71.8 Å². The topological polar surface area (TPSA) is 96.0 Å². The predicted octanol–water partition coefficient (Wildman–Crippen LogP) is 5.38. The summed E-state index contributed by atoms with van der Waals surface area (Å²) in [5, 5.41) is 2.86. The van der Waals surface area contributed by atoms with Crippen molar-refractivity contribution in [1.82, 2.24) is 10.2 Å². The third-order valence-electron chi connectivity index (χ3n) is 7.08. The quantitative estimate of drug-likeness (QED) is 0.225. The maximum atomic E-state index is 14.4. The molecule has 0 radical (unpaired) electrons. The van der Waals surface area contributed by atoms with Crippen molar-refractivity contribution in [3.8, 4) is 5.75 Å². The summed E-state index contributed by atoms with van der Waals surface area (Å²) < 4.78 is 48.5. The summed E-state index contributed by atoms with van der Waals surface area (Å²) in [6, 6.07) is 24.4. The molecule has 2 amide bonds. The number of hydrogen-bond acceptors (Lipinski definition) is 5. The van der Waals surface area contributed by atoms with Crippen molar-refractivity contribution in [3.05, 3.63) is 125 Å². The molecule has 0 aliphatic carbocycles. The number of nitrogens with zero attached hydrogens (tertiary/aromatic N) is 2. The number of carbonyl (C=O) groups excluding carboxylic acids is 2. The van der Waals surface area contributed by atoms with Crippen LogP contribution in [0.2, 0.25) is 5.02 Å². The van der Waals surface area contributed by atoms with Gasteiger partial charge in [0, 0.05) is 25.0 Å². The minimum absolute atomic E-state index is 0.0462. The van der Waals surface area contributed by atoms with Crippen LogP contribution < -0.4 is 14.4 Å². The lowest BCUT2D eigenvalue weighted by Gasteiger charge is -2.34. The second kappa shape index (κ2) is 14.4. The van der Waals surface area contributed by atoms with Gasteiger partial charge in [-0.2, -0.15) is 0 Å². The van der Waals surface area contributed by atoms with Gasteiger partial charge in [0.25, 0.3) is 10.0 Å². The zero-order valence-electron chi connectivity index (χ0n) is 24.5. The molecule has 0 saturated heterocycles. The molecule has 8 nitrogen and oxygen atoms in total. The van der Waals surface area contributed by atoms with Gasteiger partial charge < -0.3 is 15.0 Å². The van der Waals surface area contributed by atoms with Crippen LogP contribution in [0.1, 0.15) is 16.7 Å². The Bertz CT molecular complexity index is 1700. The summed E-state index contributed by atoms with van der Waals surface area (Å²) in [5.41, 5.74) is 2.25. The summed E-state index contributed by atoms with van der Waals surface area (Å²) in [6.45, 7) is 1.06. The van der Waals surface area contributed by atoms with Crippen LogP contribution >= 0.6 is 11.6 Å². The molecule has 4 aromatic carbocycles. The molecule has 0 fully saturated rings. The molecule has 1 atom stereocenters. The number of benzene rings is 4. The molecule has 4 rings (SSSR count). The minimum Gasteiger partial charge on any atom is -0.495 e. The average Bonchev–Trinajstić information content (AvgIpc) is 3.02. The smallest absolute Gasteiger partial charge is 0.264 e. The fourth-order valence-corrected chi connectivity index (χ4v) is 6.30. The van der Waals surface area contributed by atoms with Gasteiger partial charge in [0.05, 0.1) is 17.7 Å². The van der Waals surface area contributed by atoms with E-state index >= 15 is 0 Å². The van der Waals surface area contributed by atoms with E-state index in [9.17, 15) is 22.4 Å². The number of methoxy groups -OCH3 is 1. The fourth-order valence-electron chi connectivity index (χ4n) is 4.72. The SMILES string of the molecule is CNC(=O)C(Cc1ccccc1)N(Cc1ccc(F)cc1)C(=O)CN(c1cc(Cl)ccc1OC)S(=O)(=O)c1ccc(C)cc1. The summed E-state index contributed by atoms with van der Waals surface area (Å²) in [4.78, 5) is 28.9. The van der Waals surface area contributed by atoms with Gasteiger partial charge in [0.1, 0.15) is 24.2 Å². The number of anilines is 1. The Labute approximate surface area is 262 Å². The molecule has 0 bridgehead atoms. The molecular formula is C33H33ClFN3O5S. The Morgan fingerprint density at radius 2 is 1.59 bits per heavy atom. The van der Waals surface area contributed by atoms with Gasteiger partial charge in [0.2, 0.25) is 11.8 Å². The Balaban J connectivity index is 1.83. The van der Waals surface area contributed by atoms with E-state index in [0.717, 1.165) is 15.4 Å². The van der Waals surface area contributed by atoms with E-state index in [1.54, 1.807) is 18.2 Å². The van der Waals surface area contributed by atoms with E-state index in [2.05, 4.69) is 5.32 Å². The molecule has 1 N–H and O–H groups in total. The Morgan fingerprint density at radius 3 is 2.20 bits per heavy atom. The lowest BCUT2D eigenvalue weighted by atomic mass is 10.0. The van der Waals surface area contributed by atoms with Gasteiger partial charge >= 0.3 is 0 Å². The molecule has 0 aliphatic rings. The highest BCUT2D eigenvalue weighted by atomic mass is 35.5. The van der Waals surface area contributed by atoms with Crippen LogP contribution in [-0.4, -0.2) is 51.9 Å². The molecule has 0 heterocycles. The largest absolute Gasteiger partial charge is 0.495 e. The van der Waals surface area contributed by atoms with E-state index < -0.39 is 40.2 Å². The summed E-state index contributed by atoms with van der Waals surface area (Å²) >= 11 is 6.30. The predicted molar refractivity (Wildman–Crippen MR) is 169 cm³/mol. The zero-order chi connectivity index (χ0) is 31.9. The first-order valence-corrected chi connectivity index (χ1v) is 15.6. The summed E-state index contributed by atoms with van der Waals surface area (Å²) in [5.74, 6) is -1.40. The first-order valence-electron chi connectivity index (χ1n) is 13.8. The van der Waals surface area contributed by atoms with E-state index in [1.807, 2.05) is 37.3 Å². The van der Waals surface area contributed by atoms with Crippen LogP contribution in [0.3, 0.4) is 0 Å². The number of rotatable bonds is 12. The number of nitrogens with one attached hydrogen (secondary N) is 1. The first kappa shape index (κ1) is 32.5. The molecular weight excluding hydrogens is 605 g/mol. The molecule has 0 aromatic heterocycles. The van der Waals surface area contributed by atoms with E-state index in [-0.39, 0.29) is 34.3 Å². The highest BCUT2D eigenvalue weighted by Gasteiger charge is 2.35. The molecule has 1 unspecified atom stereocenters. The second-order valence-electron chi connectivity index (χ2n) is 10.1. The Hall–Kier alpha value is -4.41. The van der Waals surface area contributed by atoms with Gasteiger partial charge in [0.15, 0.2) is 0 Å². The number of ether oxygens (including phenoxy) is 1. The van der Waals surface area contributed by atoms with Crippen molar-refractivity contribution >= 4 is 39.1 Å². The maximum Gasteiger partial charge on any atom is 0.264 e. The third-order valence-corrected chi connectivity index (χ3v) is 9.09. The van der Waals surface area contributed by atoms with Crippen LogP contribution in [-0.2, 0) is 32.6 Å². The average molecular weight is 638 g/mol. The normalized spacial score (nSPS) is 11.8. The van der Waals surface area contributed by atoms with Gasteiger partial charge in [-0.3, -0.25) is 13.9 Å². The number of aryl methyl sites for hydroxylation is 1. The molecule has 11 heteroatoms. The van der Waals surface area contributed by atoms with Crippen molar-refractivity contribution in [2.24, 2.45) is 0 Å². The van der Waals surface area contributed by atoms with Gasteiger partial charge in [-0.05, 0) is 60.5 Å². The number of sulfonamides is 1. The van der Waals surface area contributed by atoms with Crippen LogP contribution in [0.5, 0.6) is 5.75 Å². The highest BCUT2D eigenvalue weighted by Crippen LogP contribution is 2.35. The lowest BCUT2D eigenvalue weighted by Crippen LogP contribution is -2.53. The maximum absolute atomic E-state index is 14.4. The van der Waals surface area contributed by atoms with Crippen molar-refractivity contribution in [1.29, 1.82) is 0 Å². The van der Waals surface area contributed by atoms with E-state index in [1.165, 1.54) is 67.6 Å². The number of likely N-dealkylation sites (N-methyl/N-ethyl adjacent to an activating group) is 1. The summed E-state index contributed by atoms with van der Waals surface area (Å²) in [7, 11) is -1.49. The Morgan fingerprint density at radius 1 is 0.932 bits per heavy atom. The second-order valence-corrected chi connectivity index (χ2v) is 12.4. The lowest BCUT2D eigenvalue weighted by molar-refractivity contribution is -0.139. The molecule has 0 aliphatic heterocycles.